The largest absolute Gasteiger partial charge is 3.00 e. The van der Waals surface area contributed by atoms with E-state index in [9.17, 15) is 0 Å². The van der Waals surface area contributed by atoms with Crippen LogP contribution in [0.15, 0.2) is 60.7 Å². The van der Waals surface area contributed by atoms with Crippen molar-refractivity contribution in [2.45, 2.75) is 72.1 Å². The molecule has 2 aromatic carbocycles. The summed E-state index contributed by atoms with van der Waals surface area (Å²) in [6.07, 6.45) is 10.9. The Hall–Kier alpha value is -0.781. The third-order valence-electron chi connectivity index (χ3n) is 3.54. The molecule has 0 aliphatic carbocycles. The van der Waals surface area contributed by atoms with Gasteiger partial charge in [0.2, 0.25) is 0 Å². The molecule has 0 atom stereocenters. The first-order valence-electron chi connectivity index (χ1n) is 9.19. The van der Waals surface area contributed by atoms with E-state index in [2.05, 4.69) is 27.7 Å². The molecule has 0 aliphatic heterocycles. The van der Waals surface area contributed by atoms with Gasteiger partial charge in [-0.15, -0.1) is 0 Å². The van der Waals surface area contributed by atoms with E-state index in [1.165, 1.54) is 44.9 Å². The molecule has 0 saturated heterocycles. The predicted molar refractivity (Wildman–Crippen MR) is 106 cm³/mol. The summed E-state index contributed by atoms with van der Waals surface area (Å²) in [7, 11) is 0. The molecule has 0 spiro atoms. The fraction of sp³-hybridized carbons (Fsp3) is 0.522. The molecule has 0 unspecified atom stereocenters. The first-order chi connectivity index (χ1) is 11.1. The van der Waals surface area contributed by atoms with Crippen LogP contribution in [0.4, 0.5) is 0 Å². The second kappa shape index (κ2) is 18.6. The average Bonchev–Trinajstić information content (AvgIpc) is 3.22. The van der Waals surface area contributed by atoms with Gasteiger partial charge in [0.1, 0.15) is 0 Å². The minimum absolute atomic E-state index is 0. The maximum Gasteiger partial charge on any atom is 3.00 e. The smallest absolute Gasteiger partial charge is 0.343 e. The molecule has 0 bridgehead atoms. The Balaban J connectivity index is 0. The van der Waals surface area contributed by atoms with Crippen molar-refractivity contribution in [3.05, 3.63) is 67.6 Å². The standard InChI is InChI=1S/C13H27.2C5H5.Fe/c1-5-6-7-8-9-10-11-12-13(2,3)4;2*1-2-4-5-3-1;/h1,5-12H2,2-4H3;2*1-5H;/q3*-1;+3. The van der Waals surface area contributed by atoms with Gasteiger partial charge in [0.15, 0.2) is 0 Å². The van der Waals surface area contributed by atoms with E-state index in [0.29, 0.717) is 5.41 Å². The van der Waals surface area contributed by atoms with Crippen LogP contribution < -0.4 is 0 Å². The van der Waals surface area contributed by atoms with Crippen LogP contribution in [0, 0.1) is 12.3 Å². The fourth-order valence-electron chi connectivity index (χ4n) is 2.18. The maximum atomic E-state index is 3.85. The predicted octanol–water partition coefficient (Wildman–Crippen LogP) is 7.80. The molecule has 1 heteroatoms. The second-order valence-electron chi connectivity index (χ2n) is 7.21. The molecule has 0 fully saturated rings. The second-order valence-corrected chi connectivity index (χ2v) is 7.21. The van der Waals surface area contributed by atoms with Crippen LogP contribution in [0.25, 0.3) is 0 Å². The Kier molecular flexibility index (Phi) is 19.7. The van der Waals surface area contributed by atoms with Crippen molar-refractivity contribution >= 4 is 0 Å². The van der Waals surface area contributed by atoms with Gasteiger partial charge in [0.25, 0.3) is 0 Å². The molecular weight excluding hydrogens is 332 g/mol. The summed E-state index contributed by atoms with van der Waals surface area (Å²) in [5.74, 6) is 0. The van der Waals surface area contributed by atoms with Crippen LogP contribution in [0.1, 0.15) is 72.1 Å². The van der Waals surface area contributed by atoms with E-state index < -0.39 is 0 Å². The summed E-state index contributed by atoms with van der Waals surface area (Å²) in [5, 5.41) is 0. The van der Waals surface area contributed by atoms with Crippen LogP contribution >= 0.6 is 0 Å². The Morgan fingerprint density at radius 3 is 1.33 bits per heavy atom. The molecule has 0 nitrogen and oxygen atoms in total. The third kappa shape index (κ3) is 23.5. The topological polar surface area (TPSA) is 0 Å². The van der Waals surface area contributed by atoms with Gasteiger partial charge >= 0.3 is 17.1 Å². The normalized spacial score (nSPS) is 9.83. The van der Waals surface area contributed by atoms with Gasteiger partial charge < -0.3 is 6.92 Å². The quantitative estimate of drug-likeness (QED) is 0.265. The van der Waals surface area contributed by atoms with E-state index in [1.54, 1.807) is 0 Å². The summed E-state index contributed by atoms with van der Waals surface area (Å²) in [6, 6.07) is 20.0. The van der Waals surface area contributed by atoms with Crippen LogP contribution in [0.5, 0.6) is 0 Å². The third-order valence-corrected chi connectivity index (χ3v) is 3.54. The van der Waals surface area contributed by atoms with Crippen molar-refractivity contribution in [3.8, 4) is 0 Å². The molecule has 0 saturated carbocycles. The SMILES string of the molecule is [CH2-]CCCCCCCCC(C)(C)C.[Fe+3].c1cc[cH-]c1.c1cc[cH-]c1. The van der Waals surface area contributed by atoms with Crippen LogP contribution in [-0.4, -0.2) is 0 Å². The molecule has 2 rings (SSSR count). The van der Waals surface area contributed by atoms with Gasteiger partial charge in [-0.25, -0.2) is 24.3 Å². The Morgan fingerprint density at radius 1 is 0.667 bits per heavy atom. The van der Waals surface area contributed by atoms with Crippen molar-refractivity contribution in [2.24, 2.45) is 5.41 Å². The summed E-state index contributed by atoms with van der Waals surface area (Å²) in [4.78, 5) is 0. The van der Waals surface area contributed by atoms with Gasteiger partial charge in [-0.2, -0.15) is 42.8 Å². The van der Waals surface area contributed by atoms with E-state index in [1.807, 2.05) is 60.7 Å². The van der Waals surface area contributed by atoms with Crippen LogP contribution in [0.2, 0.25) is 0 Å². The molecule has 137 valence electrons. The van der Waals surface area contributed by atoms with Crippen molar-refractivity contribution in [1.82, 2.24) is 0 Å². The Labute approximate surface area is 162 Å². The van der Waals surface area contributed by atoms with Crippen molar-refractivity contribution in [1.29, 1.82) is 0 Å². The molecule has 0 aromatic heterocycles. The Morgan fingerprint density at radius 2 is 1.04 bits per heavy atom. The molecule has 1 radical (unpaired) electrons. The van der Waals surface area contributed by atoms with Gasteiger partial charge in [-0.05, 0) is 11.8 Å². The summed E-state index contributed by atoms with van der Waals surface area (Å²) in [5.41, 5.74) is 0.535. The first-order valence-corrected chi connectivity index (χ1v) is 9.19. The van der Waals surface area contributed by atoms with Gasteiger partial charge in [-0.3, -0.25) is 0 Å². The molecular formula is C23H37Fe. The van der Waals surface area contributed by atoms with Crippen molar-refractivity contribution in [3.63, 3.8) is 0 Å². The van der Waals surface area contributed by atoms with Crippen molar-refractivity contribution < 1.29 is 17.1 Å². The molecule has 0 heterocycles. The summed E-state index contributed by atoms with van der Waals surface area (Å²) in [6.45, 7) is 10.8. The zero-order chi connectivity index (χ0) is 17.2. The number of unbranched alkanes of at least 4 members (excludes halogenated alkanes) is 6. The molecule has 0 amide bonds. The molecule has 2 aromatic rings. The molecule has 0 aliphatic rings. The van der Waals surface area contributed by atoms with E-state index in [4.69, 9.17) is 0 Å². The minimum atomic E-state index is 0. The maximum absolute atomic E-state index is 3.85. The number of hydrogen-bond acceptors (Lipinski definition) is 0. The molecule has 0 N–H and O–H groups in total. The Bertz CT molecular complexity index is 317. The molecule has 24 heavy (non-hydrogen) atoms. The zero-order valence-corrected chi connectivity index (χ0v) is 17.1. The zero-order valence-electron chi connectivity index (χ0n) is 16.0. The summed E-state index contributed by atoms with van der Waals surface area (Å²) >= 11 is 0. The van der Waals surface area contributed by atoms with Crippen LogP contribution in [-0.2, 0) is 17.1 Å². The summed E-state index contributed by atoms with van der Waals surface area (Å²) < 4.78 is 0. The average molecular weight is 369 g/mol. The van der Waals surface area contributed by atoms with E-state index >= 15 is 0 Å². The van der Waals surface area contributed by atoms with Crippen molar-refractivity contribution in [2.75, 3.05) is 0 Å². The van der Waals surface area contributed by atoms with E-state index in [-0.39, 0.29) is 17.1 Å². The van der Waals surface area contributed by atoms with Gasteiger partial charge in [0, 0.05) is 0 Å². The van der Waals surface area contributed by atoms with Gasteiger partial charge in [0.05, 0.1) is 0 Å². The van der Waals surface area contributed by atoms with Crippen LogP contribution in [0.3, 0.4) is 0 Å². The van der Waals surface area contributed by atoms with E-state index in [0.717, 1.165) is 6.42 Å². The number of hydrogen-bond donors (Lipinski definition) is 0. The monoisotopic (exact) mass is 369 g/mol. The number of rotatable bonds is 7. The van der Waals surface area contributed by atoms with Gasteiger partial charge in [-0.1, -0.05) is 59.3 Å². The fourth-order valence-corrected chi connectivity index (χ4v) is 2.18. The minimum Gasteiger partial charge on any atom is -0.343 e. The first kappa shape index (κ1) is 25.5.